The van der Waals surface area contributed by atoms with Crippen molar-refractivity contribution >= 4 is 45.8 Å². The van der Waals surface area contributed by atoms with Gasteiger partial charge in [0.2, 0.25) is 5.91 Å². The summed E-state index contributed by atoms with van der Waals surface area (Å²) in [5, 5.41) is 3.54. The average molecular weight is 364 g/mol. The number of imidazole rings is 1. The first-order valence-electron chi connectivity index (χ1n) is 7.44. The monoisotopic (exact) mass is 363 g/mol. The van der Waals surface area contributed by atoms with E-state index in [2.05, 4.69) is 5.32 Å². The maximum atomic E-state index is 12.5. The Balaban J connectivity index is 1.91. The van der Waals surface area contributed by atoms with Crippen LogP contribution >= 0.6 is 23.2 Å². The first-order valence-corrected chi connectivity index (χ1v) is 8.20. The van der Waals surface area contributed by atoms with Crippen molar-refractivity contribution in [3.05, 3.63) is 63.0 Å². The fraction of sp³-hybridized carbons (Fsp3) is 0.176. The lowest BCUT2D eigenvalue weighted by Gasteiger charge is -2.08. The number of para-hydroxylation sites is 2. The second-order valence-electron chi connectivity index (χ2n) is 5.27. The Morgan fingerprint density at radius 2 is 1.75 bits per heavy atom. The molecule has 124 valence electrons. The Hall–Kier alpha value is -2.24. The highest BCUT2D eigenvalue weighted by Crippen LogP contribution is 2.25. The molecular weight excluding hydrogens is 349 g/mol. The zero-order chi connectivity index (χ0) is 17.3. The molecule has 0 aliphatic rings. The minimum absolute atomic E-state index is 0.0920. The SMILES string of the molecule is CCn1c(=O)n(CC(=O)Nc2ccc(Cl)cc2Cl)c2ccccc21. The summed E-state index contributed by atoms with van der Waals surface area (Å²) in [4.78, 5) is 24.9. The summed E-state index contributed by atoms with van der Waals surface area (Å²) in [5.74, 6) is -0.333. The largest absolute Gasteiger partial charge is 0.329 e. The van der Waals surface area contributed by atoms with Crippen molar-refractivity contribution < 1.29 is 4.79 Å². The number of aromatic nitrogens is 2. The molecule has 0 aliphatic heterocycles. The maximum absolute atomic E-state index is 12.5. The molecule has 0 spiro atoms. The van der Waals surface area contributed by atoms with Crippen molar-refractivity contribution in [3.63, 3.8) is 0 Å². The molecular formula is C17H15Cl2N3O2. The molecule has 5 nitrogen and oxygen atoms in total. The molecule has 0 bridgehead atoms. The second kappa shape index (κ2) is 6.71. The lowest BCUT2D eigenvalue weighted by Crippen LogP contribution is -2.29. The van der Waals surface area contributed by atoms with Gasteiger partial charge in [-0.2, -0.15) is 0 Å². The van der Waals surface area contributed by atoms with Gasteiger partial charge in [-0.3, -0.25) is 13.9 Å². The molecule has 0 saturated heterocycles. The van der Waals surface area contributed by atoms with Gasteiger partial charge in [-0.1, -0.05) is 35.3 Å². The third-order valence-electron chi connectivity index (χ3n) is 3.75. The summed E-state index contributed by atoms with van der Waals surface area (Å²) < 4.78 is 3.09. The molecule has 0 fully saturated rings. The van der Waals surface area contributed by atoms with Gasteiger partial charge in [-0.15, -0.1) is 0 Å². The molecule has 1 N–H and O–H groups in total. The maximum Gasteiger partial charge on any atom is 0.329 e. The molecule has 3 rings (SSSR count). The van der Waals surface area contributed by atoms with Crippen LogP contribution < -0.4 is 11.0 Å². The van der Waals surface area contributed by atoms with Crippen LogP contribution in [-0.2, 0) is 17.9 Å². The summed E-state index contributed by atoms with van der Waals surface area (Å²) in [5.41, 5.74) is 1.78. The molecule has 0 atom stereocenters. The number of hydrogen-bond acceptors (Lipinski definition) is 2. The second-order valence-corrected chi connectivity index (χ2v) is 6.12. The Morgan fingerprint density at radius 3 is 2.38 bits per heavy atom. The van der Waals surface area contributed by atoms with Gasteiger partial charge in [0.1, 0.15) is 6.54 Å². The number of fused-ring (bicyclic) bond motifs is 1. The smallest absolute Gasteiger partial charge is 0.323 e. The lowest BCUT2D eigenvalue weighted by molar-refractivity contribution is -0.116. The van der Waals surface area contributed by atoms with Crippen molar-refractivity contribution in [2.24, 2.45) is 0 Å². The number of rotatable bonds is 4. The quantitative estimate of drug-likeness (QED) is 0.766. The van der Waals surface area contributed by atoms with Crippen LogP contribution in [0.4, 0.5) is 5.69 Å². The molecule has 24 heavy (non-hydrogen) atoms. The van der Waals surface area contributed by atoms with Crippen LogP contribution in [0.1, 0.15) is 6.92 Å². The number of nitrogens with one attached hydrogen (secondary N) is 1. The molecule has 3 aromatic rings. The van der Waals surface area contributed by atoms with E-state index in [1.807, 2.05) is 31.2 Å². The molecule has 1 amide bonds. The van der Waals surface area contributed by atoms with E-state index in [1.165, 1.54) is 4.57 Å². The highest BCUT2D eigenvalue weighted by atomic mass is 35.5. The number of carbonyl (C=O) groups is 1. The van der Waals surface area contributed by atoms with Gasteiger partial charge in [-0.05, 0) is 37.3 Å². The number of nitrogens with zero attached hydrogens (tertiary/aromatic N) is 2. The van der Waals surface area contributed by atoms with Crippen molar-refractivity contribution in [1.82, 2.24) is 9.13 Å². The highest BCUT2D eigenvalue weighted by molar-refractivity contribution is 6.36. The number of anilines is 1. The van der Waals surface area contributed by atoms with Crippen LogP contribution in [0.15, 0.2) is 47.3 Å². The highest BCUT2D eigenvalue weighted by Gasteiger charge is 2.15. The molecule has 1 aromatic heterocycles. The summed E-state index contributed by atoms with van der Waals surface area (Å²) in [6.45, 7) is 2.34. The van der Waals surface area contributed by atoms with Crippen LogP contribution in [-0.4, -0.2) is 15.0 Å². The van der Waals surface area contributed by atoms with E-state index in [0.717, 1.165) is 11.0 Å². The number of halogens is 2. The number of hydrogen-bond donors (Lipinski definition) is 1. The summed E-state index contributed by atoms with van der Waals surface area (Å²) in [7, 11) is 0. The molecule has 7 heteroatoms. The zero-order valence-electron chi connectivity index (χ0n) is 12.9. The number of amides is 1. The molecule has 0 aliphatic carbocycles. The molecule has 0 radical (unpaired) electrons. The Morgan fingerprint density at radius 1 is 1.08 bits per heavy atom. The van der Waals surface area contributed by atoms with E-state index in [1.54, 1.807) is 22.8 Å². The fourth-order valence-corrected chi connectivity index (χ4v) is 3.11. The van der Waals surface area contributed by atoms with E-state index in [9.17, 15) is 9.59 Å². The van der Waals surface area contributed by atoms with Crippen LogP contribution in [0, 0.1) is 0 Å². The van der Waals surface area contributed by atoms with Gasteiger partial charge in [0.05, 0.1) is 21.7 Å². The van der Waals surface area contributed by atoms with Crippen LogP contribution in [0.3, 0.4) is 0 Å². The van der Waals surface area contributed by atoms with Gasteiger partial charge >= 0.3 is 5.69 Å². The third-order valence-corrected chi connectivity index (χ3v) is 4.30. The first-order chi connectivity index (χ1) is 11.5. The predicted octanol–water partition coefficient (Wildman–Crippen LogP) is 3.77. The Bertz CT molecular complexity index is 976. The van der Waals surface area contributed by atoms with Crippen molar-refractivity contribution in [1.29, 1.82) is 0 Å². The van der Waals surface area contributed by atoms with E-state index >= 15 is 0 Å². The summed E-state index contributed by atoms with van der Waals surface area (Å²) >= 11 is 11.9. The van der Waals surface area contributed by atoms with Crippen LogP contribution in [0.2, 0.25) is 10.0 Å². The van der Waals surface area contributed by atoms with E-state index in [-0.39, 0.29) is 18.1 Å². The third kappa shape index (κ3) is 3.05. The normalized spacial score (nSPS) is 11.0. The number of benzene rings is 2. The predicted molar refractivity (Wildman–Crippen MR) is 97.0 cm³/mol. The minimum atomic E-state index is -0.333. The van der Waals surface area contributed by atoms with E-state index in [0.29, 0.717) is 22.3 Å². The van der Waals surface area contributed by atoms with Gasteiger partial charge in [0.15, 0.2) is 0 Å². The first kappa shape index (κ1) is 16.6. The standard InChI is InChI=1S/C17H15Cl2N3O2/c1-2-21-14-5-3-4-6-15(14)22(17(21)24)10-16(23)20-13-8-7-11(18)9-12(13)19/h3-9H,2,10H2,1H3,(H,20,23). The number of carbonyl (C=O) groups excluding carboxylic acids is 1. The van der Waals surface area contributed by atoms with Crippen molar-refractivity contribution in [2.45, 2.75) is 20.0 Å². The van der Waals surface area contributed by atoms with Crippen molar-refractivity contribution in [3.8, 4) is 0 Å². The molecule has 0 saturated carbocycles. The Kier molecular flexibility index (Phi) is 4.64. The van der Waals surface area contributed by atoms with Gasteiger partial charge in [-0.25, -0.2) is 4.79 Å². The van der Waals surface area contributed by atoms with E-state index < -0.39 is 0 Å². The number of aryl methyl sites for hydroxylation is 1. The summed E-state index contributed by atoms with van der Waals surface area (Å²) in [6.07, 6.45) is 0. The van der Waals surface area contributed by atoms with Gasteiger partial charge < -0.3 is 5.32 Å². The molecule has 0 unspecified atom stereocenters. The van der Waals surface area contributed by atoms with Crippen molar-refractivity contribution in [2.75, 3.05) is 5.32 Å². The van der Waals surface area contributed by atoms with Gasteiger partial charge in [0.25, 0.3) is 0 Å². The summed E-state index contributed by atoms with van der Waals surface area (Å²) in [6, 6.07) is 12.2. The van der Waals surface area contributed by atoms with Gasteiger partial charge in [0, 0.05) is 11.6 Å². The molecule has 2 aromatic carbocycles. The van der Waals surface area contributed by atoms with Crippen LogP contribution in [0.5, 0.6) is 0 Å². The lowest BCUT2D eigenvalue weighted by atomic mass is 10.3. The fourth-order valence-electron chi connectivity index (χ4n) is 2.66. The molecule has 1 heterocycles. The van der Waals surface area contributed by atoms with Crippen LogP contribution in [0.25, 0.3) is 11.0 Å². The topological polar surface area (TPSA) is 56.0 Å². The average Bonchev–Trinajstić information content (AvgIpc) is 2.82. The zero-order valence-corrected chi connectivity index (χ0v) is 14.4. The Labute approximate surface area is 148 Å². The van der Waals surface area contributed by atoms with E-state index in [4.69, 9.17) is 23.2 Å². The minimum Gasteiger partial charge on any atom is -0.323 e.